The molecular formula is C22H25ClN4O2S. The lowest BCUT2D eigenvalue weighted by Crippen LogP contribution is -2.28. The van der Waals surface area contributed by atoms with Crippen molar-refractivity contribution < 1.29 is 9.53 Å². The van der Waals surface area contributed by atoms with Crippen molar-refractivity contribution in [3.05, 3.63) is 58.6 Å². The van der Waals surface area contributed by atoms with Crippen molar-refractivity contribution in [1.29, 1.82) is 0 Å². The molecule has 0 aliphatic rings. The average molecular weight is 445 g/mol. The molecule has 0 fully saturated rings. The van der Waals surface area contributed by atoms with E-state index in [1.807, 2.05) is 34.9 Å². The predicted octanol–water partition coefficient (Wildman–Crippen LogP) is 4.69. The molecule has 0 saturated heterocycles. The van der Waals surface area contributed by atoms with Crippen molar-refractivity contribution in [2.75, 3.05) is 19.9 Å². The standard InChI is InChI=1S/C22H25ClN4O2S/c1-5-27-21(18-9-7-6-8-15(18)2)24-25-22(27)30-14-20(28)26(3)13-16-12-17(23)10-11-19(16)29-4/h6-12H,5,13-14H2,1-4H3. The summed E-state index contributed by atoms with van der Waals surface area (Å²) in [6.45, 7) is 5.24. The third kappa shape index (κ3) is 4.96. The average Bonchev–Trinajstić information content (AvgIpc) is 3.15. The third-order valence-electron chi connectivity index (χ3n) is 4.82. The molecule has 8 heteroatoms. The molecular weight excluding hydrogens is 420 g/mol. The van der Waals surface area contributed by atoms with E-state index < -0.39 is 0 Å². The molecule has 158 valence electrons. The quantitative estimate of drug-likeness (QED) is 0.472. The number of aromatic nitrogens is 3. The summed E-state index contributed by atoms with van der Waals surface area (Å²) in [6.07, 6.45) is 0. The highest BCUT2D eigenvalue weighted by Gasteiger charge is 2.18. The van der Waals surface area contributed by atoms with Crippen molar-refractivity contribution in [2.24, 2.45) is 0 Å². The van der Waals surface area contributed by atoms with Gasteiger partial charge in [-0.3, -0.25) is 4.79 Å². The molecule has 30 heavy (non-hydrogen) atoms. The summed E-state index contributed by atoms with van der Waals surface area (Å²) in [5.74, 6) is 1.79. The Morgan fingerprint density at radius 3 is 2.70 bits per heavy atom. The van der Waals surface area contributed by atoms with Crippen LogP contribution in [-0.2, 0) is 17.9 Å². The van der Waals surface area contributed by atoms with Crippen LogP contribution in [0.15, 0.2) is 47.6 Å². The fourth-order valence-electron chi connectivity index (χ4n) is 3.15. The van der Waals surface area contributed by atoms with Gasteiger partial charge in [0.2, 0.25) is 5.91 Å². The highest BCUT2D eigenvalue weighted by Crippen LogP contribution is 2.27. The molecule has 0 radical (unpaired) electrons. The summed E-state index contributed by atoms with van der Waals surface area (Å²) in [5, 5.41) is 10.0. The Morgan fingerprint density at radius 1 is 1.23 bits per heavy atom. The van der Waals surface area contributed by atoms with Gasteiger partial charge < -0.3 is 14.2 Å². The minimum absolute atomic E-state index is 0.00915. The Morgan fingerprint density at radius 2 is 2.00 bits per heavy atom. The van der Waals surface area contributed by atoms with Crippen LogP contribution in [0, 0.1) is 6.92 Å². The van der Waals surface area contributed by atoms with Gasteiger partial charge in [-0.15, -0.1) is 10.2 Å². The number of thioether (sulfide) groups is 1. The van der Waals surface area contributed by atoms with Crippen molar-refractivity contribution in [1.82, 2.24) is 19.7 Å². The lowest BCUT2D eigenvalue weighted by atomic mass is 10.1. The number of carbonyl (C=O) groups excluding carboxylic acids is 1. The maximum Gasteiger partial charge on any atom is 0.233 e. The number of benzene rings is 2. The Kier molecular flexibility index (Phi) is 7.39. The van der Waals surface area contributed by atoms with Gasteiger partial charge in [0.1, 0.15) is 5.75 Å². The van der Waals surface area contributed by atoms with Gasteiger partial charge in [-0.1, -0.05) is 47.6 Å². The highest BCUT2D eigenvalue weighted by molar-refractivity contribution is 7.99. The van der Waals surface area contributed by atoms with Crippen LogP contribution in [0.3, 0.4) is 0 Å². The fourth-order valence-corrected chi connectivity index (χ4v) is 4.29. The predicted molar refractivity (Wildman–Crippen MR) is 121 cm³/mol. The molecule has 3 rings (SSSR count). The molecule has 0 unspecified atom stereocenters. The Hall–Kier alpha value is -2.51. The van der Waals surface area contributed by atoms with E-state index in [2.05, 4.69) is 30.1 Å². The molecule has 1 aromatic heterocycles. The van der Waals surface area contributed by atoms with Crippen LogP contribution < -0.4 is 4.74 Å². The van der Waals surface area contributed by atoms with Crippen LogP contribution in [-0.4, -0.2) is 45.5 Å². The maximum absolute atomic E-state index is 12.7. The molecule has 0 atom stereocenters. The van der Waals surface area contributed by atoms with Crippen LogP contribution in [0.2, 0.25) is 5.02 Å². The zero-order valence-corrected chi connectivity index (χ0v) is 19.1. The largest absolute Gasteiger partial charge is 0.496 e. The second-order valence-electron chi connectivity index (χ2n) is 6.86. The van der Waals surface area contributed by atoms with Crippen LogP contribution in [0.1, 0.15) is 18.1 Å². The smallest absolute Gasteiger partial charge is 0.233 e. The molecule has 3 aromatic rings. The van der Waals surface area contributed by atoms with Crippen molar-refractivity contribution in [2.45, 2.75) is 32.1 Å². The van der Waals surface area contributed by atoms with Gasteiger partial charge in [0.25, 0.3) is 0 Å². The number of hydrogen-bond donors (Lipinski definition) is 0. The highest BCUT2D eigenvalue weighted by atomic mass is 35.5. The zero-order chi connectivity index (χ0) is 21.7. The lowest BCUT2D eigenvalue weighted by Gasteiger charge is -2.19. The van der Waals surface area contributed by atoms with Gasteiger partial charge in [0.05, 0.1) is 12.9 Å². The number of ether oxygens (including phenoxy) is 1. The number of halogens is 1. The first-order valence-electron chi connectivity index (χ1n) is 9.63. The van der Waals surface area contributed by atoms with Crippen molar-refractivity contribution in [3.8, 4) is 17.1 Å². The van der Waals surface area contributed by atoms with Gasteiger partial charge in [-0.2, -0.15) is 0 Å². The first-order chi connectivity index (χ1) is 14.4. The van der Waals surface area contributed by atoms with E-state index >= 15 is 0 Å². The lowest BCUT2D eigenvalue weighted by molar-refractivity contribution is -0.127. The monoisotopic (exact) mass is 444 g/mol. The van der Waals surface area contributed by atoms with Crippen molar-refractivity contribution >= 4 is 29.3 Å². The first-order valence-corrected chi connectivity index (χ1v) is 11.0. The molecule has 0 aliphatic heterocycles. The molecule has 6 nitrogen and oxygen atoms in total. The molecule has 0 N–H and O–H groups in total. The van der Waals surface area contributed by atoms with E-state index in [0.717, 1.165) is 34.2 Å². The summed E-state index contributed by atoms with van der Waals surface area (Å²) in [5.41, 5.74) is 3.06. The number of nitrogens with zero attached hydrogens (tertiary/aromatic N) is 4. The molecule has 0 bridgehead atoms. The van der Waals surface area contributed by atoms with E-state index in [0.29, 0.717) is 17.3 Å². The molecule has 0 saturated carbocycles. The van der Waals surface area contributed by atoms with Crippen LogP contribution in [0.25, 0.3) is 11.4 Å². The second-order valence-corrected chi connectivity index (χ2v) is 8.24. The van der Waals surface area contributed by atoms with Gasteiger partial charge in [-0.25, -0.2) is 0 Å². The summed E-state index contributed by atoms with van der Waals surface area (Å²) in [4.78, 5) is 14.4. The second kappa shape index (κ2) is 10.00. The third-order valence-corrected chi connectivity index (χ3v) is 6.01. The summed E-state index contributed by atoms with van der Waals surface area (Å²) >= 11 is 7.49. The number of carbonyl (C=O) groups is 1. The minimum atomic E-state index is -0.00915. The van der Waals surface area contributed by atoms with E-state index in [1.54, 1.807) is 25.1 Å². The van der Waals surface area contributed by atoms with Gasteiger partial charge >= 0.3 is 0 Å². The van der Waals surface area contributed by atoms with Gasteiger partial charge in [0, 0.05) is 36.3 Å². The molecule has 0 spiro atoms. The van der Waals surface area contributed by atoms with Crippen LogP contribution in [0.5, 0.6) is 5.75 Å². The molecule has 1 amide bonds. The summed E-state index contributed by atoms with van der Waals surface area (Å²) < 4.78 is 7.41. The van der Waals surface area contributed by atoms with E-state index in [4.69, 9.17) is 16.3 Å². The topological polar surface area (TPSA) is 60.2 Å². The van der Waals surface area contributed by atoms with E-state index in [-0.39, 0.29) is 11.7 Å². The Balaban J connectivity index is 1.69. The van der Waals surface area contributed by atoms with Crippen LogP contribution >= 0.6 is 23.4 Å². The number of aryl methyl sites for hydroxylation is 1. The SMILES string of the molecule is CCn1c(SCC(=O)N(C)Cc2cc(Cl)ccc2OC)nnc1-c1ccccc1C. The summed E-state index contributed by atoms with van der Waals surface area (Å²) in [6, 6.07) is 13.5. The van der Waals surface area contributed by atoms with Crippen LogP contribution in [0.4, 0.5) is 0 Å². The van der Waals surface area contributed by atoms with E-state index in [1.165, 1.54) is 11.8 Å². The summed E-state index contributed by atoms with van der Waals surface area (Å²) in [7, 11) is 3.38. The maximum atomic E-state index is 12.7. The zero-order valence-electron chi connectivity index (χ0n) is 17.6. The van der Waals surface area contributed by atoms with E-state index in [9.17, 15) is 4.79 Å². The minimum Gasteiger partial charge on any atom is -0.496 e. The number of amides is 1. The number of hydrogen-bond acceptors (Lipinski definition) is 5. The van der Waals surface area contributed by atoms with Gasteiger partial charge in [-0.05, 0) is 37.6 Å². The molecule has 1 heterocycles. The molecule has 0 aliphatic carbocycles. The fraction of sp³-hybridized carbons (Fsp3) is 0.318. The first kappa shape index (κ1) is 22.2. The number of rotatable bonds is 8. The Labute approximate surface area is 186 Å². The Bertz CT molecular complexity index is 1040. The molecule has 2 aromatic carbocycles. The van der Waals surface area contributed by atoms with Gasteiger partial charge in [0.15, 0.2) is 11.0 Å². The normalized spacial score (nSPS) is 10.8. The number of methoxy groups -OCH3 is 1. The van der Waals surface area contributed by atoms with Crippen molar-refractivity contribution in [3.63, 3.8) is 0 Å².